The summed E-state index contributed by atoms with van der Waals surface area (Å²) in [5, 5.41) is 7.49. The fourth-order valence-corrected chi connectivity index (χ4v) is 3.28. The third-order valence-electron chi connectivity index (χ3n) is 4.42. The highest BCUT2D eigenvalue weighted by Crippen LogP contribution is 2.30. The Kier molecular flexibility index (Phi) is 4.90. The second-order valence-corrected chi connectivity index (χ2v) is 6.69. The lowest BCUT2D eigenvalue weighted by Gasteiger charge is -2.10. The van der Waals surface area contributed by atoms with E-state index < -0.39 is 11.7 Å². The molecule has 0 fully saturated rings. The molecule has 0 aliphatic carbocycles. The minimum Gasteiger partial charge on any atom is -0.495 e. The van der Waals surface area contributed by atoms with Crippen LogP contribution in [-0.4, -0.2) is 23.2 Å². The van der Waals surface area contributed by atoms with Crippen LogP contribution in [0, 0.1) is 12.7 Å². The van der Waals surface area contributed by atoms with Crippen LogP contribution in [0.5, 0.6) is 5.75 Å². The van der Waals surface area contributed by atoms with Crippen molar-refractivity contribution in [3.05, 3.63) is 70.6 Å². The molecule has 0 aliphatic heterocycles. The standard InChI is InChI=1S/C21H15ClFN3O3/c1-11-19-14(20(27)24-12-7-8-18(28-2)15(22)9-12)10-17(25-21(19)29-26-11)13-5-3-4-6-16(13)23/h3-10H,1-2H3,(H,24,27). The normalized spacial score (nSPS) is 10.9. The molecular formula is C21H15ClFN3O3. The number of hydrogen-bond acceptors (Lipinski definition) is 5. The lowest BCUT2D eigenvalue weighted by molar-refractivity contribution is 0.102. The van der Waals surface area contributed by atoms with E-state index in [0.717, 1.165) is 0 Å². The molecule has 2 aromatic carbocycles. The average Bonchev–Trinajstić information content (AvgIpc) is 3.08. The van der Waals surface area contributed by atoms with Gasteiger partial charge in [-0.2, -0.15) is 0 Å². The van der Waals surface area contributed by atoms with E-state index in [9.17, 15) is 9.18 Å². The quantitative estimate of drug-likeness (QED) is 0.496. The molecule has 6 nitrogen and oxygen atoms in total. The van der Waals surface area contributed by atoms with Crippen molar-refractivity contribution in [2.24, 2.45) is 0 Å². The molecule has 0 bridgehead atoms. The summed E-state index contributed by atoms with van der Waals surface area (Å²) in [5.41, 5.74) is 1.92. The van der Waals surface area contributed by atoms with Crippen molar-refractivity contribution in [1.82, 2.24) is 10.1 Å². The number of nitrogens with one attached hydrogen (secondary N) is 1. The van der Waals surface area contributed by atoms with Gasteiger partial charge >= 0.3 is 0 Å². The third kappa shape index (κ3) is 3.52. The number of nitrogens with zero attached hydrogens (tertiary/aromatic N) is 2. The van der Waals surface area contributed by atoms with Gasteiger partial charge < -0.3 is 14.6 Å². The first-order chi connectivity index (χ1) is 14.0. The minimum absolute atomic E-state index is 0.154. The van der Waals surface area contributed by atoms with E-state index in [0.29, 0.717) is 27.5 Å². The highest BCUT2D eigenvalue weighted by Gasteiger charge is 2.20. The molecule has 2 aromatic heterocycles. The van der Waals surface area contributed by atoms with E-state index >= 15 is 0 Å². The van der Waals surface area contributed by atoms with Gasteiger partial charge in [0.2, 0.25) is 0 Å². The second kappa shape index (κ2) is 7.52. The number of pyridine rings is 1. The van der Waals surface area contributed by atoms with E-state index in [2.05, 4.69) is 15.5 Å². The van der Waals surface area contributed by atoms with E-state index in [1.165, 1.54) is 19.2 Å². The first-order valence-corrected chi connectivity index (χ1v) is 9.02. The summed E-state index contributed by atoms with van der Waals surface area (Å²) in [6, 6.07) is 12.6. The van der Waals surface area contributed by atoms with E-state index in [1.807, 2.05) is 0 Å². The number of carbonyl (C=O) groups excluding carboxylic acids is 1. The summed E-state index contributed by atoms with van der Waals surface area (Å²) in [6.45, 7) is 1.71. The van der Waals surface area contributed by atoms with Crippen LogP contribution in [0.25, 0.3) is 22.4 Å². The first-order valence-electron chi connectivity index (χ1n) is 8.64. The number of hydrogen-bond donors (Lipinski definition) is 1. The smallest absolute Gasteiger partial charge is 0.259 e. The Balaban J connectivity index is 1.79. The number of aromatic nitrogens is 2. The van der Waals surface area contributed by atoms with Crippen LogP contribution in [0.3, 0.4) is 0 Å². The maximum absolute atomic E-state index is 14.3. The Morgan fingerprint density at radius 3 is 2.72 bits per heavy atom. The van der Waals surface area contributed by atoms with Crippen LogP contribution in [0.4, 0.5) is 10.1 Å². The Labute approximate surface area is 170 Å². The summed E-state index contributed by atoms with van der Waals surface area (Å²) >= 11 is 6.13. The summed E-state index contributed by atoms with van der Waals surface area (Å²) in [7, 11) is 1.51. The molecule has 146 valence electrons. The Morgan fingerprint density at radius 2 is 2.00 bits per heavy atom. The third-order valence-corrected chi connectivity index (χ3v) is 4.72. The minimum atomic E-state index is -0.455. The molecule has 4 aromatic rings. The van der Waals surface area contributed by atoms with Crippen molar-refractivity contribution in [3.8, 4) is 17.0 Å². The van der Waals surface area contributed by atoms with Gasteiger partial charge in [0, 0.05) is 11.3 Å². The maximum atomic E-state index is 14.3. The van der Waals surface area contributed by atoms with Crippen molar-refractivity contribution in [2.45, 2.75) is 6.92 Å². The van der Waals surface area contributed by atoms with Gasteiger partial charge in [-0.3, -0.25) is 4.79 Å². The molecule has 1 amide bonds. The fraction of sp³-hybridized carbons (Fsp3) is 0.0952. The van der Waals surface area contributed by atoms with E-state index in [-0.39, 0.29) is 22.5 Å². The molecule has 4 rings (SSSR count). The van der Waals surface area contributed by atoms with Gasteiger partial charge in [-0.05, 0) is 43.3 Å². The average molecular weight is 412 g/mol. The molecule has 2 heterocycles. The number of aryl methyl sites for hydroxylation is 1. The summed E-state index contributed by atoms with van der Waals surface area (Å²) in [6.07, 6.45) is 0. The maximum Gasteiger partial charge on any atom is 0.259 e. The highest BCUT2D eigenvalue weighted by atomic mass is 35.5. The van der Waals surface area contributed by atoms with Gasteiger partial charge in [-0.25, -0.2) is 9.37 Å². The van der Waals surface area contributed by atoms with Crippen LogP contribution < -0.4 is 10.1 Å². The van der Waals surface area contributed by atoms with Crippen LogP contribution in [-0.2, 0) is 0 Å². The van der Waals surface area contributed by atoms with Gasteiger partial charge in [-0.1, -0.05) is 28.9 Å². The largest absolute Gasteiger partial charge is 0.495 e. The molecule has 0 aliphatic rings. The van der Waals surface area contributed by atoms with Crippen molar-refractivity contribution >= 4 is 34.3 Å². The molecular weight excluding hydrogens is 397 g/mol. The molecule has 0 spiro atoms. The number of benzene rings is 2. The highest BCUT2D eigenvalue weighted by molar-refractivity contribution is 6.32. The van der Waals surface area contributed by atoms with Gasteiger partial charge in [0.25, 0.3) is 11.6 Å². The SMILES string of the molecule is COc1ccc(NC(=O)c2cc(-c3ccccc3F)nc3onc(C)c23)cc1Cl. The predicted octanol–water partition coefficient (Wildman–Crippen LogP) is 5.25. The molecule has 0 saturated carbocycles. The zero-order chi connectivity index (χ0) is 20.5. The van der Waals surface area contributed by atoms with E-state index in [4.69, 9.17) is 20.9 Å². The van der Waals surface area contributed by atoms with Crippen LogP contribution in [0.2, 0.25) is 5.02 Å². The molecule has 0 atom stereocenters. The van der Waals surface area contributed by atoms with Crippen LogP contribution >= 0.6 is 11.6 Å². The van der Waals surface area contributed by atoms with Crippen LogP contribution in [0.1, 0.15) is 16.1 Å². The monoisotopic (exact) mass is 411 g/mol. The number of halogens is 2. The Bertz CT molecular complexity index is 1240. The fourth-order valence-electron chi connectivity index (χ4n) is 3.02. The lowest BCUT2D eigenvalue weighted by atomic mass is 10.0. The van der Waals surface area contributed by atoms with E-state index in [1.54, 1.807) is 43.3 Å². The predicted molar refractivity (Wildman–Crippen MR) is 108 cm³/mol. The number of fused-ring (bicyclic) bond motifs is 1. The van der Waals surface area contributed by atoms with Gasteiger partial charge in [-0.15, -0.1) is 0 Å². The number of ether oxygens (including phenoxy) is 1. The van der Waals surface area contributed by atoms with Crippen molar-refractivity contribution in [1.29, 1.82) is 0 Å². The zero-order valence-corrected chi connectivity index (χ0v) is 16.2. The molecule has 0 unspecified atom stereocenters. The van der Waals surface area contributed by atoms with Gasteiger partial charge in [0.1, 0.15) is 11.6 Å². The van der Waals surface area contributed by atoms with Crippen molar-refractivity contribution in [3.63, 3.8) is 0 Å². The van der Waals surface area contributed by atoms with Crippen molar-refractivity contribution in [2.75, 3.05) is 12.4 Å². The van der Waals surface area contributed by atoms with Gasteiger partial charge in [0.05, 0.1) is 34.5 Å². The Morgan fingerprint density at radius 1 is 1.21 bits per heavy atom. The summed E-state index contributed by atoms with van der Waals surface area (Å²) in [5.74, 6) is -0.390. The topological polar surface area (TPSA) is 77.2 Å². The zero-order valence-electron chi connectivity index (χ0n) is 15.5. The molecule has 0 saturated heterocycles. The van der Waals surface area contributed by atoms with Crippen molar-refractivity contribution < 1.29 is 18.4 Å². The number of rotatable bonds is 4. The summed E-state index contributed by atoms with van der Waals surface area (Å²) < 4.78 is 24.6. The first kappa shape index (κ1) is 18.9. The number of anilines is 1. The molecule has 29 heavy (non-hydrogen) atoms. The molecule has 0 radical (unpaired) electrons. The number of carbonyl (C=O) groups is 1. The Hall–Kier alpha value is -3.45. The molecule has 1 N–H and O–H groups in total. The number of methoxy groups -OCH3 is 1. The second-order valence-electron chi connectivity index (χ2n) is 6.29. The van der Waals surface area contributed by atoms with Crippen LogP contribution in [0.15, 0.2) is 53.1 Å². The lowest BCUT2D eigenvalue weighted by Crippen LogP contribution is -2.13. The molecule has 8 heteroatoms. The van der Waals surface area contributed by atoms with Gasteiger partial charge in [0.15, 0.2) is 0 Å². The summed E-state index contributed by atoms with van der Waals surface area (Å²) in [4.78, 5) is 17.4. The number of amides is 1.